The number of carbonyl (C=O) groups excluding carboxylic acids is 1. The van der Waals surface area contributed by atoms with Crippen molar-refractivity contribution < 1.29 is 9.72 Å². The van der Waals surface area contributed by atoms with Crippen LogP contribution in [-0.2, 0) is 4.79 Å². The Morgan fingerprint density at radius 3 is 2.83 bits per heavy atom. The first-order valence-corrected chi connectivity index (χ1v) is 6.22. The molecular weight excluding hydrogens is 302 g/mol. The fourth-order valence-electron chi connectivity index (χ4n) is 1.40. The van der Waals surface area contributed by atoms with Gasteiger partial charge in [-0.25, -0.2) is 0 Å². The first kappa shape index (κ1) is 14.6. The molecule has 1 aromatic carbocycles. The third-order valence-electron chi connectivity index (χ3n) is 2.26. The van der Waals surface area contributed by atoms with Crippen LogP contribution in [0, 0.1) is 10.1 Å². The van der Waals surface area contributed by atoms with Gasteiger partial charge in [0.25, 0.3) is 5.69 Å². The molecule has 1 amide bonds. The van der Waals surface area contributed by atoms with E-state index in [2.05, 4.69) is 26.6 Å². The Balaban J connectivity index is 2.72. The van der Waals surface area contributed by atoms with Gasteiger partial charge in [0, 0.05) is 17.0 Å². The fourth-order valence-corrected chi connectivity index (χ4v) is 1.75. The van der Waals surface area contributed by atoms with E-state index in [1.807, 2.05) is 0 Å². The standard InChI is InChI=1S/C11H14BrN3O3/c1-13-6-2-3-11(16)14-9-5-4-8(12)7-10(9)15(17)18/h4-5,7,13H,2-3,6H2,1H3,(H,14,16). The third-order valence-corrected chi connectivity index (χ3v) is 2.75. The molecule has 0 radical (unpaired) electrons. The van der Waals surface area contributed by atoms with Gasteiger partial charge < -0.3 is 10.6 Å². The van der Waals surface area contributed by atoms with E-state index in [4.69, 9.17) is 0 Å². The van der Waals surface area contributed by atoms with Crippen LogP contribution in [0.3, 0.4) is 0 Å². The minimum absolute atomic E-state index is 0.119. The minimum atomic E-state index is -0.520. The highest BCUT2D eigenvalue weighted by Crippen LogP contribution is 2.28. The van der Waals surface area contributed by atoms with Crippen molar-refractivity contribution in [1.29, 1.82) is 0 Å². The monoisotopic (exact) mass is 315 g/mol. The molecule has 0 atom stereocenters. The van der Waals surface area contributed by atoms with E-state index in [1.165, 1.54) is 12.1 Å². The van der Waals surface area contributed by atoms with E-state index in [9.17, 15) is 14.9 Å². The van der Waals surface area contributed by atoms with Crippen molar-refractivity contribution in [2.45, 2.75) is 12.8 Å². The third kappa shape index (κ3) is 4.42. The molecule has 7 heteroatoms. The maximum atomic E-state index is 11.6. The van der Waals surface area contributed by atoms with Gasteiger partial charge in [-0.05, 0) is 32.1 Å². The van der Waals surface area contributed by atoms with Crippen LogP contribution in [0.5, 0.6) is 0 Å². The van der Waals surface area contributed by atoms with Gasteiger partial charge in [0.1, 0.15) is 5.69 Å². The van der Waals surface area contributed by atoms with Gasteiger partial charge in [0.05, 0.1) is 4.92 Å². The Bertz CT molecular complexity index is 451. The van der Waals surface area contributed by atoms with Crippen molar-refractivity contribution >= 4 is 33.2 Å². The number of carbonyl (C=O) groups is 1. The topological polar surface area (TPSA) is 84.3 Å². The highest BCUT2D eigenvalue weighted by Gasteiger charge is 2.15. The number of anilines is 1. The lowest BCUT2D eigenvalue weighted by Gasteiger charge is -2.06. The van der Waals surface area contributed by atoms with Gasteiger partial charge in [0.2, 0.25) is 5.91 Å². The van der Waals surface area contributed by atoms with E-state index in [-0.39, 0.29) is 17.3 Å². The predicted molar refractivity (Wildman–Crippen MR) is 72.6 cm³/mol. The van der Waals surface area contributed by atoms with Gasteiger partial charge in [0.15, 0.2) is 0 Å². The van der Waals surface area contributed by atoms with Gasteiger partial charge in [-0.2, -0.15) is 0 Å². The van der Waals surface area contributed by atoms with Gasteiger partial charge in [-0.3, -0.25) is 14.9 Å². The number of rotatable bonds is 6. The average molecular weight is 316 g/mol. The number of nitro benzene ring substituents is 1. The first-order valence-electron chi connectivity index (χ1n) is 5.43. The van der Waals surface area contributed by atoms with Crippen LogP contribution in [0.15, 0.2) is 22.7 Å². The Hall–Kier alpha value is -1.47. The molecule has 1 rings (SSSR count). The largest absolute Gasteiger partial charge is 0.320 e. The number of hydrogen-bond acceptors (Lipinski definition) is 4. The van der Waals surface area contributed by atoms with Crippen LogP contribution in [0.2, 0.25) is 0 Å². The number of amides is 1. The summed E-state index contributed by atoms with van der Waals surface area (Å²) < 4.78 is 0.599. The van der Waals surface area contributed by atoms with Crippen molar-refractivity contribution in [2.75, 3.05) is 18.9 Å². The fraction of sp³-hybridized carbons (Fsp3) is 0.364. The molecule has 18 heavy (non-hydrogen) atoms. The van der Waals surface area contributed by atoms with E-state index < -0.39 is 4.92 Å². The summed E-state index contributed by atoms with van der Waals surface area (Å²) in [4.78, 5) is 21.9. The second kappa shape index (κ2) is 7.07. The van der Waals surface area contributed by atoms with Gasteiger partial charge >= 0.3 is 0 Å². The minimum Gasteiger partial charge on any atom is -0.320 e. The molecule has 2 N–H and O–H groups in total. The Kier molecular flexibility index (Phi) is 5.73. The molecule has 1 aromatic rings. The Labute approximate surface area is 113 Å². The molecule has 6 nitrogen and oxygen atoms in total. The molecule has 0 saturated heterocycles. The lowest BCUT2D eigenvalue weighted by Crippen LogP contribution is -2.15. The highest BCUT2D eigenvalue weighted by atomic mass is 79.9. The zero-order chi connectivity index (χ0) is 13.5. The Morgan fingerprint density at radius 1 is 1.50 bits per heavy atom. The maximum Gasteiger partial charge on any atom is 0.293 e. The summed E-state index contributed by atoms with van der Waals surface area (Å²) in [6.45, 7) is 0.732. The van der Waals surface area contributed by atoms with Crippen LogP contribution < -0.4 is 10.6 Å². The molecule has 0 aliphatic rings. The average Bonchev–Trinajstić information content (AvgIpc) is 2.31. The lowest BCUT2D eigenvalue weighted by molar-refractivity contribution is -0.384. The summed E-state index contributed by atoms with van der Waals surface area (Å²) >= 11 is 3.16. The molecule has 0 heterocycles. The van der Waals surface area contributed by atoms with Crippen molar-refractivity contribution in [2.24, 2.45) is 0 Å². The second-order valence-corrected chi connectivity index (χ2v) is 4.59. The molecule has 0 aliphatic heterocycles. The van der Waals surface area contributed by atoms with Crippen LogP contribution in [0.4, 0.5) is 11.4 Å². The molecule has 0 bridgehead atoms. The zero-order valence-corrected chi connectivity index (χ0v) is 11.5. The number of halogens is 1. The molecule has 0 saturated carbocycles. The molecule has 0 spiro atoms. The normalized spacial score (nSPS) is 10.1. The zero-order valence-electron chi connectivity index (χ0n) is 9.90. The summed E-state index contributed by atoms with van der Waals surface area (Å²) in [6.07, 6.45) is 1.01. The maximum absolute atomic E-state index is 11.6. The number of nitrogens with one attached hydrogen (secondary N) is 2. The van der Waals surface area contributed by atoms with Crippen molar-refractivity contribution in [1.82, 2.24) is 5.32 Å². The van der Waals surface area contributed by atoms with E-state index in [0.717, 1.165) is 6.54 Å². The van der Waals surface area contributed by atoms with Crippen LogP contribution in [0.25, 0.3) is 0 Å². The summed E-state index contributed by atoms with van der Waals surface area (Å²) in [5.74, 6) is -0.226. The first-order chi connectivity index (χ1) is 8.54. The number of nitro groups is 1. The number of hydrogen-bond donors (Lipinski definition) is 2. The van der Waals surface area contributed by atoms with Crippen LogP contribution in [-0.4, -0.2) is 24.4 Å². The molecule has 0 unspecified atom stereocenters. The van der Waals surface area contributed by atoms with Gasteiger partial charge in [-0.1, -0.05) is 15.9 Å². The Morgan fingerprint density at radius 2 is 2.22 bits per heavy atom. The van der Waals surface area contributed by atoms with E-state index >= 15 is 0 Å². The highest BCUT2D eigenvalue weighted by molar-refractivity contribution is 9.10. The van der Waals surface area contributed by atoms with Gasteiger partial charge in [-0.15, -0.1) is 0 Å². The summed E-state index contributed by atoms with van der Waals surface area (Å²) in [6, 6.07) is 4.53. The lowest BCUT2D eigenvalue weighted by atomic mass is 10.2. The second-order valence-electron chi connectivity index (χ2n) is 3.67. The van der Waals surface area contributed by atoms with Crippen LogP contribution in [0.1, 0.15) is 12.8 Å². The van der Waals surface area contributed by atoms with Crippen LogP contribution >= 0.6 is 15.9 Å². The molecule has 0 aliphatic carbocycles. The van der Waals surface area contributed by atoms with Crippen molar-refractivity contribution in [3.63, 3.8) is 0 Å². The molecule has 98 valence electrons. The number of benzene rings is 1. The SMILES string of the molecule is CNCCCC(=O)Nc1ccc(Br)cc1[N+](=O)[O-]. The quantitative estimate of drug-likeness (QED) is 0.479. The molecule has 0 fully saturated rings. The van der Waals surface area contributed by atoms with E-state index in [1.54, 1.807) is 13.1 Å². The smallest absolute Gasteiger partial charge is 0.293 e. The molecule has 0 aromatic heterocycles. The predicted octanol–water partition coefficient (Wildman–Crippen LogP) is 2.30. The van der Waals surface area contributed by atoms with Crippen molar-refractivity contribution in [3.8, 4) is 0 Å². The van der Waals surface area contributed by atoms with E-state index in [0.29, 0.717) is 17.3 Å². The summed E-state index contributed by atoms with van der Waals surface area (Å²) in [5, 5.41) is 16.3. The van der Waals surface area contributed by atoms with Crippen molar-refractivity contribution in [3.05, 3.63) is 32.8 Å². The summed E-state index contributed by atoms with van der Waals surface area (Å²) in [5.41, 5.74) is 0.101. The molecular formula is C11H14BrN3O3. The number of nitrogens with zero attached hydrogens (tertiary/aromatic N) is 1. The summed E-state index contributed by atoms with van der Waals surface area (Å²) in [7, 11) is 1.80.